The van der Waals surface area contributed by atoms with Gasteiger partial charge in [0.1, 0.15) is 12.1 Å². The minimum Gasteiger partial charge on any atom is -0.303 e. The van der Waals surface area contributed by atoms with Crippen LogP contribution in [0, 0.1) is 11.7 Å². The van der Waals surface area contributed by atoms with Crippen LogP contribution >= 0.6 is 0 Å². The molecule has 0 bridgehead atoms. The third-order valence-electron chi connectivity index (χ3n) is 1.63. The highest BCUT2D eigenvalue weighted by molar-refractivity contribution is 5.53. The zero-order valence-electron chi connectivity index (χ0n) is 6.83. The molecule has 3 heteroatoms. The Balaban J connectivity index is 2.75. The van der Waals surface area contributed by atoms with Crippen LogP contribution in [0.4, 0.5) is 4.39 Å². The topological polar surface area (TPSA) is 30.0 Å². The van der Waals surface area contributed by atoms with Gasteiger partial charge in [-0.25, -0.2) is 4.39 Å². The van der Waals surface area contributed by atoms with E-state index < -0.39 is 0 Å². The van der Waals surface area contributed by atoms with Crippen LogP contribution in [0.3, 0.4) is 0 Å². The largest absolute Gasteiger partial charge is 0.303 e. The first-order chi connectivity index (χ1) is 5.74. The van der Waals surface area contributed by atoms with Gasteiger partial charge >= 0.3 is 0 Å². The van der Waals surface area contributed by atoms with Gasteiger partial charge < -0.3 is 4.79 Å². The molecule has 1 aromatic heterocycles. The van der Waals surface area contributed by atoms with Crippen LogP contribution in [0.1, 0.15) is 12.5 Å². The molecule has 0 N–H and O–H groups in total. The van der Waals surface area contributed by atoms with Crippen LogP contribution in [0.2, 0.25) is 0 Å². The Morgan fingerprint density at radius 3 is 3.08 bits per heavy atom. The van der Waals surface area contributed by atoms with E-state index in [0.717, 1.165) is 12.5 Å². The fraction of sp³-hybridized carbons (Fsp3) is 0.333. The highest BCUT2D eigenvalue weighted by Gasteiger charge is 2.05. The van der Waals surface area contributed by atoms with E-state index in [1.54, 1.807) is 13.0 Å². The molecule has 1 atom stereocenters. The molecule has 1 unspecified atom stereocenters. The maximum Gasteiger partial charge on any atom is 0.144 e. The van der Waals surface area contributed by atoms with Crippen molar-refractivity contribution in [3.63, 3.8) is 0 Å². The second-order valence-corrected chi connectivity index (χ2v) is 2.78. The minimum atomic E-state index is -0.341. The Hall–Kier alpha value is -1.25. The van der Waals surface area contributed by atoms with Gasteiger partial charge in [-0.05, 0) is 18.1 Å². The second kappa shape index (κ2) is 3.95. The molecule has 0 aromatic carbocycles. The summed E-state index contributed by atoms with van der Waals surface area (Å²) in [7, 11) is 0. The number of hydrogen-bond donors (Lipinski definition) is 0. The van der Waals surface area contributed by atoms with Crippen LogP contribution in [0.15, 0.2) is 18.5 Å². The van der Waals surface area contributed by atoms with Crippen LogP contribution < -0.4 is 0 Å². The Bertz CT molecular complexity index is 275. The summed E-state index contributed by atoms with van der Waals surface area (Å²) in [5.74, 6) is -0.479. The number of carbonyl (C=O) groups excluding carboxylic acids is 1. The number of aldehydes is 1. The molecule has 12 heavy (non-hydrogen) atoms. The monoisotopic (exact) mass is 167 g/mol. The van der Waals surface area contributed by atoms with Crippen LogP contribution in [-0.4, -0.2) is 11.3 Å². The molecule has 0 spiro atoms. The maximum atomic E-state index is 12.9. The van der Waals surface area contributed by atoms with Gasteiger partial charge in [-0.15, -0.1) is 0 Å². The highest BCUT2D eigenvalue weighted by atomic mass is 19.1. The lowest BCUT2D eigenvalue weighted by atomic mass is 10.0. The third-order valence-corrected chi connectivity index (χ3v) is 1.63. The molecule has 1 aromatic rings. The summed E-state index contributed by atoms with van der Waals surface area (Å²) in [6, 6.07) is 1.59. The molecule has 0 radical (unpaired) electrons. The lowest BCUT2D eigenvalue weighted by Gasteiger charge is -2.03. The predicted molar refractivity (Wildman–Crippen MR) is 43.1 cm³/mol. The molecule has 1 heterocycles. The van der Waals surface area contributed by atoms with Crippen molar-refractivity contribution in [2.45, 2.75) is 13.3 Å². The number of halogens is 1. The van der Waals surface area contributed by atoms with E-state index in [-0.39, 0.29) is 11.7 Å². The van der Waals surface area contributed by atoms with Crippen molar-refractivity contribution in [1.82, 2.24) is 4.98 Å². The molecule has 0 aliphatic carbocycles. The molecule has 2 nitrogen and oxygen atoms in total. The summed E-state index contributed by atoms with van der Waals surface area (Å²) in [6.45, 7) is 1.76. The van der Waals surface area contributed by atoms with Crippen molar-refractivity contribution >= 4 is 6.29 Å². The molecule has 1 rings (SSSR count). The summed E-state index contributed by atoms with van der Waals surface area (Å²) >= 11 is 0. The van der Waals surface area contributed by atoms with Crippen LogP contribution in [-0.2, 0) is 11.2 Å². The van der Waals surface area contributed by atoms with E-state index in [2.05, 4.69) is 4.98 Å². The number of aromatic nitrogens is 1. The first-order valence-electron chi connectivity index (χ1n) is 3.77. The van der Waals surface area contributed by atoms with Gasteiger partial charge in [-0.1, -0.05) is 6.92 Å². The standard InChI is InChI=1S/C9H10FNO/c1-7(6-12)4-8-2-3-11-5-9(8)10/h2-3,5-7H,4H2,1H3. The lowest BCUT2D eigenvalue weighted by Crippen LogP contribution is -2.02. The molecule has 0 fully saturated rings. The Labute approximate surface area is 70.4 Å². The van der Waals surface area contributed by atoms with Crippen molar-refractivity contribution in [2.24, 2.45) is 5.92 Å². The summed E-state index contributed by atoms with van der Waals surface area (Å²) in [4.78, 5) is 13.9. The SMILES string of the molecule is CC(C=O)Cc1ccncc1F. The Kier molecular flexibility index (Phi) is 2.91. The summed E-state index contributed by atoms with van der Waals surface area (Å²) in [5, 5.41) is 0. The smallest absolute Gasteiger partial charge is 0.144 e. The summed E-state index contributed by atoms with van der Waals surface area (Å²) in [6.07, 6.45) is 3.94. The van der Waals surface area contributed by atoms with Crippen LogP contribution in [0.5, 0.6) is 0 Å². The molecule has 64 valence electrons. The van der Waals surface area contributed by atoms with Gasteiger partial charge in [0.25, 0.3) is 0 Å². The van der Waals surface area contributed by atoms with Gasteiger partial charge in [0.2, 0.25) is 0 Å². The molecule has 0 aliphatic rings. The van der Waals surface area contributed by atoms with E-state index >= 15 is 0 Å². The predicted octanol–water partition coefficient (Wildman–Crippen LogP) is 1.60. The number of pyridine rings is 1. The quantitative estimate of drug-likeness (QED) is 0.640. The molecular weight excluding hydrogens is 157 g/mol. The van der Waals surface area contributed by atoms with Gasteiger partial charge in [0.15, 0.2) is 0 Å². The number of hydrogen-bond acceptors (Lipinski definition) is 2. The average molecular weight is 167 g/mol. The van der Waals surface area contributed by atoms with E-state index in [4.69, 9.17) is 0 Å². The summed E-state index contributed by atoms with van der Waals surface area (Å²) < 4.78 is 12.9. The molecule has 0 saturated carbocycles. The van der Waals surface area contributed by atoms with E-state index in [9.17, 15) is 9.18 Å². The minimum absolute atomic E-state index is 0.137. The maximum absolute atomic E-state index is 12.9. The van der Waals surface area contributed by atoms with Gasteiger partial charge in [-0.3, -0.25) is 4.98 Å². The number of carbonyl (C=O) groups is 1. The fourth-order valence-corrected chi connectivity index (χ4v) is 0.965. The van der Waals surface area contributed by atoms with Gasteiger partial charge in [0, 0.05) is 12.1 Å². The molecule has 0 amide bonds. The highest BCUT2D eigenvalue weighted by Crippen LogP contribution is 2.09. The van der Waals surface area contributed by atoms with Gasteiger partial charge in [0.05, 0.1) is 6.20 Å². The normalized spacial score (nSPS) is 12.5. The zero-order chi connectivity index (χ0) is 8.97. The Morgan fingerprint density at radius 1 is 1.75 bits per heavy atom. The average Bonchev–Trinajstić information content (AvgIpc) is 2.09. The lowest BCUT2D eigenvalue weighted by molar-refractivity contribution is -0.110. The van der Waals surface area contributed by atoms with E-state index in [0.29, 0.717) is 12.0 Å². The third kappa shape index (κ3) is 2.12. The Morgan fingerprint density at radius 2 is 2.50 bits per heavy atom. The molecule has 0 aliphatic heterocycles. The number of nitrogens with zero attached hydrogens (tertiary/aromatic N) is 1. The molecule has 0 saturated heterocycles. The van der Waals surface area contributed by atoms with Crippen molar-refractivity contribution in [3.05, 3.63) is 29.8 Å². The van der Waals surface area contributed by atoms with Crippen molar-refractivity contribution < 1.29 is 9.18 Å². The van der Waals surface area contributed by atoms with Crippen molar-refractivity contribution in [3.8, 4) is 0 Å². The first-order valence-corrected chi connectivity index (χ1v) is 3.77. The van der Waals surface area contributed by atoms with E-state index in [1.165, 1.54) is 6.20 Å². The molecular formula is C9H10FNO. The summed E-state index contributed by atoms with van der Waals surface area (Å²) in [5.41, 5.74) is 0.546. The van der Waals surface area contributed by atoms with Crippen molar-refractivity contribution in [2.75, 3.05) is 0 Å². The van der Waals surface area contributed by atoms with E-state index in [1.807, 2.05) is 0 Å². The number of rotatable bonds is 3. The van der Waals surface area contributed by atoms with Crippen LogP contribution in [0.25, 0.3) is 0 Å². The fourth-order valence-electron chi connectivity index (χ4n) is 0.965. The van der Waals surface area contributed by atoms with Crippen molar-refractivity contribution in [1.29, 1.82) is 0 Å². The zero-order valence-corrected chi connectivity index (χ0v) is 6.83. The van der Waals surface area contributed by atoms with Gasteiger partial charge in [-0.2, -0.15) is 0 Å². The second-order valence-electron chi connectivity index (χ2n) is 2.78. The first kappa shape index (κ1) is 8.84.